The number of nitrogens with one attached hydrogen (secondary N) is 2. The number of anilines is 2. The lowest BCUT2D eigenvalue weighted by atomic mass is 10.2. The van der Waals surface area contributed by atoms with Crippen LogP contribution in [0, 0.1) is 6.92 Å². The predicted molar refractivity (Wildman–Crippen MR) is 95.6 cm³/mol. The molecule has 0 aliphatic carbocycles. The summed E-state index contributed by atoms with van der Waals surface area (Å²) in [5, 5.41) is 6.84. The van der Waals surface area contributed by atoms with E-state index in [2.05, 4.69) is 22.5 Å². The van der Waals surface area contributed by atoms with E-state index in [0.29, 0.717) is 17.3 Å². The summed E-state index contributed by atoms with van der Waals surface area (Å²) in [5.74, 6) is -0.146. The van der Waals surface area contributed by atoms with Crippen molar-refractivity contribution in [2.24, 2.45) is 0 Å². The Labute approximate surface area is 142 Å². The molecule has 0 saturated heterocycles. The fourth-order valence-corrected chi connectivity index (χ4v) is 2.36. The number of halogens is 1. The molecular formula is C18H22ClN3O. The Bertz CT molecular complexity index is 673. The highest BCUT2D eigenvalue weighted by molar-refractivity contribution is 6.30. The summed E-state index contributed by atoms with van der Waals surface area (Å²) < 4.78 is 0. The number of carbonyl (C=O) groups excluding carboxylic acids is 1. The molecular weight excluding hydrogens is 310 g/mol. The molecule has 2 N–H and O–H groups in total. The zero-order valence-corrected chi connectivity index (χ0v) is 14.3. The summed E-state index contributed by atoms with van der Waals surface area (Å²) in [6.45, 7) is 4.82. The number of nitrogens with zero attached hydrogens (tertiary/aromatic N) is 1. The molecule has 122 valence electrons. The van der Waals surface area contributed by atoms with Crippen LogP contribution in [0.5, 0.6) is 0 Å². The van der Waals surface area contributed by atoms with Crippen LogP contribution in [0.2, 0.25) is 5.02 Å². The molecule has 2 rings (SSSR count). The Morgan fingerprint density at radius 1 is 1.22 bits per heavy atom. The van der Waals surface area contributed by atoms with Gasteiger partial charge in [0.05, 0.1) is 0 Å². The number of aryl methyl sites for hydroxylation is 1. The van der Waals surface area contributed by atoms with Gasteiger partial charge < -0.3 is 10.6 Å². The molecule has 2 aromatic rings. The molecule has 0 fully saturated rings. The fourth-order valence-electron chi connectivity index (χ4n) is 2.18. The van der Waals surface area contributed by atoms with Crippen LogP contribution in [0.25, 0.3) is 0 Å². The van der Waals surface area contributed by atoms with Gasteiger partial charge in [-0.15, -0.1) is 0 Å². The normalized spacial score (nSPS) is 10.4. The van der Waals surface area contributed by atoms with E-state index in [1.165, 1.54) is 0 Å². The summed E-state index contributed by atoms with van der Waals surface area (Å²) in [6.07, 6.45) is 4.86. The van der Waals surface area contributed by atoms with Crippen molar-refractivity contribution in [1.82, 2.24) is 10.3 Å². The minimum atomic E-state index is -0.146. The number of amides is 1. The Kier molecular flexibility index (Phi) is 6.41. The topological polar surface area (TPSA) is 54.0 Å². The predicted octanol–water partition coefficient (Wildman–Crippen LogP) is 4.71. The van der Waals surface area contributed by atoms with Crippen LogP contribution in [0.1, 0.15) is 42.2 Å². The van der Waals surface area contributed by atoms with Gasteiger partial charge in [-0.2, -0.15) is 0 Å². The van der Waals surface area contributed by atoms with Crippen molar-refractivity contribution in [2.45, 2.75) is 33.1 Å². The largest absolute Gasteiger partial charge is 0.355 e. The van der Waals surface area contributed by atoms with Gasteiger partial charge in [-0.1, -0.05) is 37.4 Å². The molecule has 5 heteroatoms. The van der Waals surface area contributed by atoms with Gasteiger partial charge in [0.15, 0.2) is 0 Å². The summed E-state index contributed by atoms with van der Waals surface area (Å²) in [7, 11) is 0. The van der Waals surface area contributed by atoms with E-state index in [-0.39, 0.29) is 5.91 Å². The van der Waals surface area contributed by atoms with E-state index < -0.39 is 0 Å². The highest BCUT2D eigenvalue weighted by Crippen LogP contribution is 2.24. The molecule has 0 bridgehead atoms. The Balaban J connectivity index is 2.04. The minimum absolute atomic E-state index is 0.146. The number of benzene rings is 1. The SMILES string of the molecule is CCCCCNC(=O)c1cc(Nc2cc(Cl)ccc2C)ccn1. The van der Waals surface area contributed by atoms with Crippen LogP contribution in [0.4, 0.5) is 11.4 Å². The molecule has 1 aromatic heterocycles. The molecule has 0 aliphatic rings. The Morgan fingerprint density at radius 3 is 2.83 bits per heavy atom. The average molecular weight is 332 g/mol. The first-order valence-electron chi connectivity index (χ1n) is 7.87. The number of pyridine rings is 1. The lowest BCUT2D eigenvalue weighted by molar-refractivity contribution is 0.0948. The van der Waals surface area contributed by atoms with Gasteiger partial charge in [0, 0.05) is 29.1 Å². The van der Waals surface area contributed by atoms with Gasteiger partial charge in [0.25, 0.3) is 5.91 Å². The first-order valence-corrected chi connectivity index (χ1v) is 8.25. The van der Waals surface area contributed by atoms with E-state index in [1.807, 2.05) is 31.2 Å². The number of hydrogen-bond donors (Lipinski definition) is 2. The molecule has 0 atom stereocenters. The maximum atomic E-state index is 12.1. The van der Waals surface area contributed by atoms with Crippen LogP contribution < -0.4 is 10.6 Å². The second-order valence-electron chi connectivity index (χ2n) is 5.48. The third kappa shape index (κ3) is 5.25. The second kappa shape index (κ2) is 8.53. The number of aromatic nitrogens is 1. The molecule has 1 amide bonds. The first-order chi connectivity index (χ1) is 11.1. The first kappa shape index (κ1) is 17.3. The third-order valence-corrected chi connectivity index (χ3v) is 3.77. The van der Waals surface area contributed by atoms with Crippen molar-refractivity contribution in [3.63, 3.8) is 0 Å². The monoisotopic (exact) mass is 331 g/mol. The molecule has 0 unspecified atom stereocenters. The van der Waals surface area contributed by atoms with Gasteiger partial charge in [-0.25, -0.2) is 0 Å². The maximum Gasteiger partial charge on any atom is 0.269 e. The van der Waals surface area contributed by atoms with E-state index in [0.717, 1.165) is 36.2 Å². The molecule has 1 heterocycles. The average Bonchev–Trinajstić information content (AvgIpc) is 2.55. The lowest BCUT2D eigenvalue weighted by Crippen LogP contribution is -2.25. The quantitative estimate of drug-likeness (QED) is 0.722. The van der Waals surface area contributed by atoms with Gasteiger partial charge >= 0.3 is 0 Å². The van der Waals surface area contributed by atoms with Crippen LogP contribution in [-0.2, 0) is 0 Å². The molecule has 23 heavy (non-hydrogen) atoms. The van der Waals surface area contributed by atoms with Crippen molar-refractivity contribution in [1.29, 1.82) is 0 Å². The van der Waals surface area contributed by atoms with E-state index in [1.54, 1.807) is 12.3 Å². The standard InChI is InChI=1S/C18H22ClN3O/c1-3-4-5-9-21-18(23)17-12-15(8-10-20-17)22-16-11-14(19)7-6-13(16)2/h6-8,10-12H,3-5,9H2,1-2H3,(H,20,22)(H,21,23). The van der Waals surface area contributed by atoms with Crippen molar-refractivity contribution in [3.8, 4) is 0 Å². The summed E-state index contributed by atoms with van der Waals surface area (Å²) in [4.78, 5) is 16.3. The van der Waals surface area contributed by atoms with Crippen LogP contribution in [-0.4, -0.2) is 17.4 Å². The van der Waals surface area contributed by atoms with Crippen molar-refractivity contribution >= 4 is 28.9 Å². The number of rotatable bonds is 7. The van der Waals surface area contributed by atoms with Crippen LogP contribution in [0.15, 0.2) is 36.5 Å². The lowest BCUT2D eigenvalue weighted by Gasteiger charge is -2.11. The Hall–Kier alpha value is -2.07. The highest BCUT2D eigenvalue weighted by Gasteiger charge is 2.08. The Morgan fingerprint density at radius 2 is 2.04 bits per heavy atom. The highest BCUT2D eigenvalue weighted by atomic mass is 35.5. The zero-order chi connectivity index (χ0) is 16.7. The number of hydrogen-bond acceptors (Lipinski definition) is 3. The molecule has 0 radical (unpaired) electrons. The van der Waals surface area contributed by atoms with Crippen molar-refractivity contribution in [2.75, 3.05) is 11.9 Å². The van der Waals surface area contributed by atoms with Crippen LogP contribution in [0.3, 0.4) is 0 Å². The molecule has 0 spiro atoms. The van der Waals surface area contributed by atoms with Crippen LogP contribution >= 0.6 is 11.6 Å². The van der Waals surface area contributed by atoms with Gasteiger partial charge in [0.1, 0.15) is 5.69 Å². The third-order valence-electron chi connectivity index (χ3n) is 3.54. The minimum Gasteiger partial charge on any atom is -0.355 e. The second-order valence-corrected chi connectivity index (χ2v) is 5.91. The van der Waals surface area contributed by atoms with Crippen molar-refractivity contribution < 1.29 is 4.79 Å². The molecule has 1 aromatic carbocycles. The smallest absolute Gasteiger partial charge is 0.269 e. The zero-order valence-electron chi connectivity index (χ0n) is 13.5. The van der Waals surface area contributed by atoms with E-state index in [4.69, 9.17) is 11.6 Å². The van der Waals surface area contributed by atoms with Gasteiger partial charge in [-0.05, 0) is 43.2 Å². The fraction of sp³-hybridized carbons (Fsp3) is 0.333. The summed E-state index contributed by atoms with van der Waals surface area (Å²) >= 11 is 6.03. The molecule has 0 saturated carbocycles. The number of unbranched alkanes of at least 4 members (excludes halogenated alkanes) is 2. The summed E-state index contributed by atoms with van der Waals surface area (Å²) in [5.41, 5.74) is 3.21. The number of carbonyl (C=O) groups is 1. The van der Waals surface area contributed by atoms with Crippen molar-refractivity contribution in [3.05, 3.63) is 52.8 Å². The van der Waals surface area contributed by atoms with E-state index >= 15 is 0 Å². The maximum absolute atomic E-state index is 12.1. The summed E-state index contributed by atoms with van der Waals surface area (Å²) in [6, 6.07) is 9.24. The van der Waals surface area contributed by atoms with Gasteiger partial charge in [-0.3, -0.25) is 9.78 Å². The van der Waals surface area contributed by atoms with Gasteiger partial charge in [0.2, 0.25) is 0 Å². The molecule has 0 aliphatic heterocycles. The van der Waals surface area contributed by atoms with E-state index in [9.17, 15) is 4.79 Å². The molecule has 4 nitrogen and oxygen atoms in total.